The number of hydrogen-bond donors (Lipinski definition) is 3. The van der Waals surface area contributed by atoms with Gasteiger partial charge in [0.15, 0.2) is 0 Å². The second kappa shape index (κ2) is 59.7. The van der Waals surface area contributed by atoms with Crippen molar-refractivity contribution in [1.82, 2.24) is 5.32 Å². The van der Waals surface area contributed by atoms with Crippen molar-refractivity contribution in [3.05, 3.63) is 48.6 Å². The van der Waals surface area contributed by atoms with E-state index in [9.17, 15) is 15.0 Å². The lowest BCUT2D eigenvalue weighted by Crippen LogP contribution is -2.45. The van der Waals surface area contributed by atoms with Crippen LogP contribution in [0.2, 0.25) is 0 Å². The lowest BCUT2D eigenvalue weighted by molar-refractivity contribution is -0.123. The zero-order chi connectivity index (χ0) is 49.2. The summed E-state index contributed by atoms with van der Waals surface area (Å²) in [4.78, 5) is 12.5. The number of unbranched alkanes of at least 4 members (excludes halogenated alkanes) is 44. The molecule has 68 heavy (non-hydrogen) atoms. The first kappa shape index (κ1) is 66.3. The summed E-state index contributed by atoms with van der Waals surface area (Å²) in [5.74, 6) is -0.0697. The average Bonchev–Trinajstić information content (AvgIpc) is 3.34. The van der Waals surface area contributed by atoms with Crippen LogP contribution >= 0.6 is 0 Å². The summed E-state index contributed by atoms with van der Waals surface area (Å²) in [6, 6.07) is -0.640. The molecule has 1 amide bonds. The van der Waals surface area contributed by atoms with Crippen molar-refractivity contribution in [2.45, 2.75) is 347 Å². The molecule has 0 fully saturated rings. The molecule has 0 aromatic carbocycles. The monoisotopic (exact) mass is 952 g/mol. The first-order valence-electron chi connectivity index (χ1n) is 30.9. The Morgan fingerprint density at radius 1 is 0.353 bits per heavy atom. The van der Waals surface area contributed by atoms with Crippen molar-refractivity contribution in [2.75, 3.05) is 6.61 Å². The van der Waals surface area contributed by atoms with Gasteiger partial charge in [-0.05, 0) is 64.2 Å². The Balaban J connectivity index is 3.46. The minimum absolute atomic E-state index is 0.0697. The zero-order valence-corrected chi connectivity index (χ0v) is 46.1. The average molecular weight is 953 g/mol. The molecule has 2 unspecified atom stereocenters. The summed E-state index contributed by atoms with van der Waals surface area (Å²) < 4.78 is 0. The Morgan fingerprint density at radius 3 is 0.941 bits per heavy atom. The molecule has 0 aliphatic heterocycles. The standard InChI is InChI=1S/C64H121NO3/c1-3-5-7-9-11-13-15-17-19-21-23-24-25-26-27-28-29-30-31-32-33-34-35-36-37-38-39-40-42-44-46-48-50-52-54-56-58-60-64(68)65-62(61-66)63(67)59-57-55-53-51-49-47-45-43-41-22-20-18-16-14-12-10-8-6-4-2/h27-28,30-31,49,51,57,59,62-63,66-67H,3-26,29,32-48,50,52-56,58,60-61H2,1-2H3,(H,65,68)/b28-27-,31-30-,51-49+,59-57+. The predicted octanol–water partition coefficient (Wildman–Crippen LogP) is 20.6. The molecule has 400 valence electrons. The number of nitrogens with one attached hydrogen (secondary N) is 1. The Labute approximate surface area is 426 Å². The molecule has 3 N–H and O–H groups in total. The summed E-state index contributed by atoms with van der Waals surface area (Å²) in [7, 11) is 0. The van der Waals surface area contributed by atoms with Crippen LogP contribution in [0.1, 0.15) is 335 Å². The minimum atomic E-state index is -0.863. The maximum atomic E-state index is 12.5. The molecule has 0 saturated heterocycles. The topological polar surface area (TPSA) is 69.6 Å². The van der Waals surface area contributed by atoms with Gasteiger partial charge < -0.3 is 15.5 Å². The van der Waals surface area contributed by atoms with Gasteiger partial charge in [-0.3, -0.25) is 4.79 Å². The number of carbonyl (C=O) groups is 1. The molecule has 0 heterocycles. The van der Waals surface area contributed by atoms with Crippen molar-refractivity contribution in [2.24, 2.45) is 0 Å². The van der Waals surface area contributed by atoms with Gasteiger partial charge in [-0.15, -0.1) is 0 Å². The molecule has 0 radical (unpaired) electrons. The molecule has 0 spiro atoms. The van der Waals surface area contributed by atoms with Crippen LogP contribution in [0, 0.1) is 0 Å². The van der Waals surface area contributed by atoms with Crippen molar-refractivity contribution in [1.29, 1.82) is 0 Å². The summed E-state index contributed by atoms with van der Waals surface area (Å²) >= 11 is 0. The van der Waals surface area contributed by atoms with E-state index in [1.807, 2.05) is 6.08 Å². The van der Waals surface area contributed by atoms with Gasteiger partial charge in [-0.25, -0.2) is 0 Å². The van der Waals surface area contributed by atoms with Gasteiger partial charge >= 0.3 is 0 Å². The van der Waals surface area contributed by atoms with Crippen LogP contribution in [0.25, 0.3) is 0 Å². The third kappa shape index (κ3) is 55.3. The van der Waals surface area contributed by atoms with E-state index in [-0.39, 0.29) is 12.5 Å². The van der Waals surface area contributed by atoms with Gasteiger partial charge in [0.25, 0.3) is 0 Å². The van der Waals surface area contributed by atoms with E-state index in [0.717, 1.165) is 38.5 Å². The Bertz CT molecular complexity index is 1080. The number of amides is 1. The highest BCUT2D eigenvalue weighted by atomic mass is 16.3. The van der Waals surface area contributed by atoms with Gasteiger partial charge in [0.2, 0.25) is 5.91 Å². The van der Waals surface area contributed by atoms with Crippen molar-refractivity contribution in [3.8, 4) is 0 Å². The molecule has 2 atom stereocenters. The Morgan fingerprint density at radius 2 is 0.618 bits per heavy atom. The lowest BCUT2D eigenvalue weighted by atomic mass is 10.0. The molecular formula is C64H121NO3. The van der Waals surface area contributed by atoms with Crippen molar-refractivity contribution >= 4 is 5.91 Å². The first-order valence-corrected chi connectivity index (χ1v) is 30.9. The fourth-order valence-electron chi connectivity index (χ4n) is 9.58. The summed E-state index contributed by atoms with van der Waals surface area (Å²) in [5, 5.41) is 23.2. The molecule has 0 aliphatic carbocycles. The molecule has 4 nitrogen and oxygen atoms in total. The van der Waals surface area contributed by atoms with E-state index in [0.29, 0.717) is 6.42 Å². The van der Waals surface area contributed by atoms with E-state index < -0.39 is 12.1 Å². The number of hydrogen-bond acceptors (Lipinski definition) is 3. The van der Waals surface area contributed by atoms with E-state index in [2.05, 4.69) is 55.6 Å². The molecule has 4 heteroatoms. The highest BCUT2D eigenvalue weighted by Gasteiger charge is 2.18. The van der Waals surface area contributed by atoms with Crippen molar-refractivity contribution < 1.29 is 15.0 Å². The fraction of sp³-hybridized carbons (Fsp3) is 0.859. The van der Waals surface area contributed by atoms with Crippen LogP contribution in [0.4, 0.5) is 0 Å². The van der Waals surface area contributed by atoms with Crippen LogP contribution in [0.15, 0.2) is 48.6 Å². The first-order chi connectivity index (χ1) is 33.7. The van der Waals surface area contributed by atoms with Crippen LogP contribution < -0.4 is 5.32 Å². The van der Waals surface area contributed by atoms with Gasteiger partial charge in [-0.2, -0.15) is 0 Å². The summed E-state index contributed by atoms with van der Waals surface area (Å²) in [6.45, 7) is 4.33. The van der Waals surface area contributed by atoms with Crippen LogP contribution in [-0.2, 0) is 4.79 Å². The SMILES string of the molecule is CCCCCCCCCCCCCCC/C=C\C/C=C\CCCCCCCCCCCCCCCCCCCC(=O)NC(CO)C(O)/C=C/CC/C=C/CCCCCCCCCCCCCCC. The van der Waals surface area contributed by atoms with Crippen LogP contribution in [0.5, 0.6) is 0 Å². The molecule has 0 aliphatic rings. The number of allylic oxidation sites excluding steroid dienone is 7. The molecule has 0 aromatic heterocycles. The largest absolute Gasteiger partial charge is 0.394 e. The van der Waals surface area contributed by atoms with Gasteiger partial charge in [0.05, 0.1) is 18.8 Å². The minimum Gasteiger partial charge on any atom is -0.394 e. The molecular weight excluding hydrogens is 831 g/mol. The van der Waals surface area contributed by atoms with Gasteiger partial charge in [0, 0.05) is 6.42 Å². The Hall–Kier alpha value is -1.65. The third-order valence-electron chi connectivity index (χ3n) is 14.3. The quantitative estimate of drug-likeness (QED) is 0.0420. The second-order valence-electron chi connectivity index (χ2n) is 21.1. The fourth-order valence-corrected chi connectivity index (χ4v) is 9.58. The predicted molar refractivity (Wildman–Crippen MR) is 304 cm³/mol. The highest BCUT2D eigenvalue weighted by Crippen LogP contribution is 2.17. The summed E-state index contributed by atoms with van der Waals surface area (Å²) in [5.41, 5.74) is 0. The second-order valence-corrected chi connectivity index (χ2v) is 21.1. The maximum absolute atomic E-state index is 12.5. The Kier molecular flexibility index (Phi) is 58.2. The van der Waals surface area contributed by atoms with Gasteiger partial charge in [-0.1, -0.05) is 313 Å². The zero-order valence-electron chi connectivity index (χ0n) is 46.1. The number of aliphatic hydroxyl groups is 2. The normalized spacial score (nSPS) is 13.1. The molecule has 0 rings (SSSR count). The van der Waals surface area contributed by atoms with Crippen molar-refractivity contribution in [3.63, 3.8) is 0 Å². The van der Waals surface area contributed by atoms with E-state index in [1.165, 1.54) is 276 Å². The van der Waals surface area contributed by atoms with Crippen LogP contribution in [-0.4, -0.2) is 34.9 Å². The molecule has 0 bridgehead atoms. The smallest absolute Gasteiger partial charge is 0.220 e. The van der Waals surface area contributed by atoms with Crippen LogP contribution in [0.3, 0.4) is 0 Å². The van der Waals surface area contributed by atoms with E-state index in [4.69, 9.17) is 0 Å². The van der Waals surface area contributed by atoms with Gasteiger partial charge in [0.1, 0.15) is 0 Å². The number of carbonyl (C=O) groups excluding carboxylic acids is 1. The number of aliphatic hydroxyl groups excluding tert-OH is 2. The summed E-state index contributed by atoms with van der Waals surface area (Å²) in [6.07, 6.45) is 83.1. The molecule has 0 aromatic rings. The third-order valence-corrected chi connectivity index (χ3v) is 14.3. The van der Waals surface area contributed by atoms with E-state index in [1.54, 1.807) is 6.08 Å². The lowest BCUT2D eigenvalue weighted by Gasteiger charge is -2.19. The van der Waals surface area contributed by atoms with E-state index >= 15 is 0 Å². The molecule has 0 saturated carbocycles. The highest BCUT2D eigenvalue weighted by molar-refractivity contribution is 5.76. The number of rotatable bonds is 57. The maximum Gasteiger partial charge on any atom is 0.220 e.